The van der Waals surface area contributed by atoms with Crippen molar-refractivity contribution >= 4 is 39.8 Å². The molecule has 1 atom stereocenters. The van der Waals surface area contributed by atoms with Crippen LogP contribution in [0.25, 0.3) is 10.8 Å². The van der Waals surface area contributed by atoms with E-state index in [0.717, 1.165) is 9.90 Å². The van der Waals surface area contributed by atoms with Crippen LogP contribution in [0.5, 0.6) is 0 Å². The highest BCUT2D eigenvalue weighted by atomic mass is 32.2. The number of nitrogens with one attached hydrogen (secondary N) is 1. The van der Waals surface area contributed by atoms with Crippen LogP contribution in [-0.2, 0) is 4.79 Å². The maximum atomic E-state index is 12.0. The Balaban J connectivity index is 1.62. The second kappa shape index (κ2) is 6.89. The molecule has 1 aromatic heterocycles. The minimum absolute atomic E-state index is 0.000795. The largest absolute Gasteiger partial charge is 0.349 e. The summed E-state index contributed by atoms with van der Waals surface area (Å²) in [6, 6.07) is 14.5. The molecule has 1 unspecified atom stereocenters. The van der Waals surface area contributed by atoms with Gasteiger partial charge in [0.25, 0.3) is 0 Å². The number of amides is 1. The zero-order valence-electron chi connectivity index (χ0n) is 12.0. The molecule has 0 fully saturated rings. The molecule has 4 nitrogen and oxygen atoms in total. The standard InChI is InChI=1S/C16H15N3OS2/c1-11(18-15(20)9-21-16-19-17-10-22-16)13-7-6-12-4-2-3-5-14(12)8-13/h2-8,10-11H,9H2,1H3,(H,18,20). The summed E-state index contributed by atoms with van der Waals surface area (Å²) in [5.74, 6) is 0.355. The first-order chi connectivity index (χ1) is 10.7. The minimum atomic E-state index is -0.0212. The van der Waals surface area contributed by atoms with Crippen LogP contribution in [0.3, 0.4) is 0 Å². The maximum Gasteiger partial charge on any atom is 0.230 e. The number of carbonyl (C=O) groups excluding carboxylic acids is 1. The molecule has 0 aliphatic heterocycles. The minimum Gasteiger partial charge on any atom is -0.349 e. The molecule has 22 heavy (non-hydrogen) atoms. The maximum absolute atomic E-state index is 12.0. The normalized spacial score (nSPS) is 12.2. The first kappa shape index (κ1) is 15.0. The van der Waals surface area contributed by atoms with Gasteiger partial charge in [-0.2, -0.15) is 0 Å². The molecule has 1 N–H and O–H groups in total. The first-order valence-corrected chi connectivity index (χ1v) is 8.76. The predicted molar refractivity (Wildman–Crippen MR) is 91.1 cm³/mol. The summed E-state index contributed by atoms with van der Waals surface area (Å²) in [4.78, 5) is 12.0. The van der Waals surface area contributed by atoms with Gasteiger partial charge in [-0.15, -0.1) is 10.2 Å². The van der Waals surface area contributed by atoms with E-state index in [1.54, 1.807) is 5.51 Å². The number of carbonyl (C=O) groups is 1. The molecule has 0 saturated carbocycles. The molecule has 0 radical (unpaired) electrons. The topological polar surface area (TPSA) is 54.9 Å². The number of rotatable bonds is 5. The van der Waals surface area contributed by atoms with Crippen molar-refractivity contribution in [1.82, 2.24) is 15.5 Å². The molecule has 0 saturated heterocycles. The Morgan fingerprint density at radius 3 is 2.86 bits per heavy atom. The molecule has 0 aliphatic carbocycles. The zero-order valence-corrected chi connectivity index (χ0v) is 13.7. The smallest absolute Gasteiger partial charge is 0.230 e. The summed E-state index contributed by atoms with van der Waals surface area (Å²) in [6.45, 7) is 2.00. The van der Waals surface area contributed by atoms with Gasteiger partial charge in [0.15, 0.2) is 4.34 Å². The van der Waals surface area contributed by atoms with Gasteiger partial charge in [-0.1, -0.05) is 59.5 Å². The average Bonchev–Trinajstić information content (AvgIpc) is 3.06. The van der Waals surface area contributed by atoms with Gasteiger partial charge < -0.3 is 5.32 Å². The van der Waals surface area contributed by atoms with Crippen LogP contribution < -0.4 is 5.32 Å². The number of aromatic nitrogens is 2. The molecule has 0 spiro atoms. The quantitative estimate of drug-likeness (QED) is 0.726. The summed E-state index contributed by atoms with van der Waals surface area (Å²) in [5.41, 5.74) is 2.77. The van der Waals surface area contributed by atoms with Gasteiger partial charge >= 0.3 is 0 Å². The molecule has 1 amide bonds. The van der Waals surface area contributed by atoms with Crippen molar-refractivity contribution in [3.05, 3.63) is 53.5 Å². The van der Waals surface area contributed by atoms with Gasteiger partial charge in [0.2, 0.25) is 5.91 Å². The number of nitrogens with zero attached hydrogens (tertiary/aromatic N) is 2. The highest BCUT2D eigenvalue weighted by Gasteiger charge is 2.11. The van der Waals surface area contributed by atoms with Crippen molar-refractivity contribution in [2.24, 2.45) is 0 Å². The molecule has 6 heteroatoms. The van der Waals surface area contributed by atoms with Crippen molar-refractivity contribution in [2.75, 3.05) is 5.75 Å². The van der Waals surface area contributed by atoms with Crippen LogP contribution >= 0.6 is 23.1 Å². The summed E-state index contributed by atoms with van der Waals surface area (Å²) in [6.07, 6.45) is 0. The molecule has 112 valence electrons. The van der Waals surface area contributed by atoms with Crippen LogP contribution in [0.1, 0.15) is 18.5 Å². The number of thioether (sulfide) groups is 1. The zero-order chi connectivity index (χ0) is 15.4. The van der Waals surface area contributed by atoms with Crippen molar-refractivity contribution < 1.29 is 4.79 Å². The second-order valence-corrected chi connectivity index (χ2v) is 6.94. The number of fused-ring (bicyclic) bond motifs is 1. The van der Waals surface area contributed by atoms with Crippen LogP contribution in [0.2, 0.25) is 0 Å². The monoisotopic (exact) mass is 329 g/mol. The van der Waals surface area contributed by atoms with Crippen molar-refractivity contribution in [2.45, 2.75) is 17.3 Å². The van der Waals surface area contributed by atoms with Gasteiger partial charge in [-0.25, -0.2) is 0 Å². The van der Waals surface area contributed by atoms with Gasteiger partial charge in [-0.3, -0.25) is 4.79 Å². The number of hydrogen-bond acceptors (Lipinski definition) is 5. The Morgan fingerprint density at radius 2 is 2.09 bits per heavy atom. The molecule has 0 bridgehead atoms. The van der Waals surface area contributed by atoms with Crippen molar-refractivity contribution in [3.8, 4) is 0 Å². The Bertz CT molecular complexity index is 774. The summed E-state index contributed by atoms with van der Waals surface area (Å²) < 4.78 is 0.813. The Kier molecular flexibility index (Phi) is 4.70. The van der Waals surface area contributed by atoms with Gasteiger partial charge in [0.05, 0.1) is 11.8 Å². The van der Waals surface area contributed by atoms with E-state index < -0.39 is 0 Å². The van der Waals surface area contributed by atoms with E-state index in [9.17, 15) is 4.79 Å². The van der Waals surface area contributed by atoms with E-state index in [0.29, 0.717) is 5.75 Å². The first-order valence-electron chi connectivity index (χ1n) is 6.89. The molecular weight excluding hydrogens is 314 g/mol. The summed E-state index contributed by atoms with van der Waals surface area (Å²) >= 11 is 2.85. The van der Waals surface area contributed by atoms with Gasteiger partial charge in [-0.05, 0) is 29.3 Å². The third-order valence-electron chi connectivity index (χ3n) is 3.32. The second-order valence-electron chi connectivity index (χ2n) is 4.89. The van der Waals surface area contributed by atoms with Crippen LogP contribution in [0, 0.1) is 0 Å². The molecule has 1 heterocycles. The highest BCUT2D eigenvalue weighted by Crippen LogP contribution is 2.21. The molecule has 3 rings (SSSR count). The highest BCUT2D eigenvalue weighted by molar-refractivity contribution is 8.01. The molecule has 3 aromatic rings. The molecular formula is C16H15N3OS2. The fraction of sp³-hybridized carbons (Fsp3) is 0.188. The number of hydrogen-bond donors (Lipinski definition) is 1. The van der Waals surface area contributed by atoms with E-state index in [4.69, 9.17) is 0 Å². The summed E-state index contributed by atoms with van der Waals surface area (Å²) in [7, 11) is 0. The van der Waals surface area contributed by atoms with E-state index in [1.165, 1.54) is 33.9 Å². The van der Waals surface area contributed by atoms with E-state index in [-0.39, 0.29) is 11.9 Å². The Labute approximate surface area is 137 Å². The van der Waals surface area contributed by atoms with Gasteiger partial charge in [0.1, 0.15) is 5.51 Å². The molecule has 2 aromatic carbocycles. The fourth-order valence-electron chi connectivity index (χ4n) is 2.20. The van der Waals surface area contributed by atoms with Gasteiger partial charge in [0, 0.05) is 0 Å². The number of benzene rings is 2. The van der Waals surface area contributed by atoms with E-state index in [1.807, 2.05) is 19.1 Å². The van der Waals surface area contributed by atoms with Crippen molar-refractivity contribution in [3.63, 3.8) is 0 Å². The lowest BCUT2D eigenvalue weighted by molar-refractivity contribution is -0.119. The SMILES string of the molecule is CC(NC(=O)CSc1nncs1)c1ccc2ccccc2c1. The Hall–Kier alpha value is -1.92. The average molecular weight is 329 g/mol. The van der Waals surface area contributed by atoms with Crippen LogP contribution in [-0.4, -0.2) is 21.9 Å². The fourth-order valence-corrected chi connectivity index (χ4v) is 3.50. The van der Waals surface area contributed by atoms with E-state index >= 15 is 0 Å². The predicted octanol–water partition coefficient (Wildman–Crippen LogP) is 3.66. The lowest BCUT2D eigenvalue weighted by Crippen LogP contribution is -2.28. The lowest BCUT2D eigenvalue weighted by Gasteiger charge is -2.14. The Morgan fingerprint density at radius 1 is 1.27 bits per heavy atom. The third kappa shape index (κ3) is 3.64. The van der Waals surface area contributed by atoms with Crippen LogP contribution in [0.4, 0.5) is 0 Å². The van der Waals surface area contributed by atoms with Crippen molar-refractivity contribution in [1.29, 1.82) is 0 Å². The lowest BCUT2D eigenvalue weighted by atomic mass is 10.0. The van der Waals surface area contributed by atoms with E-state index in [2.05, 4.69) is 45.8 Å². The molecule has 0 aliphatic rings. The van der Waals surface area contributed by atoms with Crippen LogP contribution in [0.15, 0.2) is 52.3 Å². The summed E-state index contributed by atoms with van der Waals surface area (Å²) in [5, 5.41) is 13.1. The third-order valence-corrected chi connectivity index (χ3v) is 5.18.